The van der Waals surface area contributed by atoms with E-state index < -0.39 is 18.0 Å². The number of ether oxygens (including phenoxy) is 2. The molecule has 1 atom stereocenters. The molecule has 0 saturated carbocycles. The van der Waals surface area contributed by atoms with Crippen LogP contribution in [-0.2, 0) is 9.53 Å². The zero-order valence-electron chi connectivity index (χ0n) is 16.2. The number of amides is 1. The van der Waals surface area contributed by atoms with Crippen molar-refractivity contribution in [2.24, 2.45) is 0 Å². The first-order valence-corrected chi connectivity index (χ1v) is 9.25. The van der Waals surface area contributed by atoms with Crippen LogP contribution in [-0.4, -0.2) is 34.9 Å². The molecule has 0 spiro atoms. The third-order valence-electron chi connectivity index (χ3n) is 4.20. The Morgan fingerprint density at radius 2 is 1.86 bits per heavy atom. The lowest BCUT2D eigenvalue weighted by atomic mass is 10.2. The quantitative estimate of drug-likeness (QED) is 0.617. The zero-order valence-corrected chi connectivity index (χ0v) is 16.9. The molecule has 1 heterocycles. The number of methoxy groups -OCH3 is 1. The molecule has 3 rings (SSSR count). The number of aryl methyl sites for hydroxylation is 1. The second-order valence-corrected chi connectivity index (χ2v) is 6.63. The van der Waals surface area contributed by atoms with Crippen LogP contribution >= 0.6 is 11.6 Å². The third-order valence-corrected chi connectivity index (χ3v) is 4.55. The van der Waals surface area contributed by atoms with Gasteiger partial charge in [-0.3, -0.25) is 4.79 Å². The summed E-state index contributed by atoms with van der Waals surface area (Å²) < 4.78 is 11.9. The number of carbonyl (C=O) groups is 2. The summed E-state index contributed by atoms with van der Waals surface area (Å²) in [6.45, 7) is 3.14. The van der Waals surface area contributed by atoms with Crippen LogP contribution < -0.4 is 10.1 Å². The van der Waals surface area contributed by atoms with Gasteiger partial charge in [0.05, 0.1) is 18.5 Å². The van der Waals surface area contributed by atoms with Gasteiger partial charge in [-0.15, -0.1) is 0 Å². The monoisotopic (exact) mass is 413 g/mol. The van der Waals surface area contributed by atoms with E-state index >= 15 is 0 Å². The number of aromatic nitrogens is 2. The van der Waals surface area contributed by atoms with E-state index in [1.54, 1.807) is 31.2 Å². The molecular formula is C21H20ClN3O4. The maximum absolute atomic E-state index is 12.6. The summed E-state index contributed by atoms with van der Waals surface area (Å²) in [5.41, 5.74) is 1.77. The fraction of sp³-hybridized carbons (Fsp3) is 0.190. The number of esters is 1. The van der Waals surface area contributed by atoms with Crippen molar-refractivity contribution in [1.29, 1.82) is 0 Å². The van der Waals surface area contributed by atoms with Crippen LogP contribution in [0.5, 0.6) is 5.75 Å². The Kier molecular flexibility index (Phi) is 6.19. The Hall–Kier alpha value is -3.32. The first kappa shape index (κ1) is 20.4. The number of hydrogen-bond acceptors (Lipinski definition) is 5. The molecule has 1 aromatic heterocycles. The number of para-hydroxylation sites is 1. The van der Waals surface area contributed by atoms with Crippen LogP contribution in [0.1, 0.15) is 23.0 Å². The Morgan fingerprint density at radius 3 is 2.55 bits per heavy atom. The van der Waals surface area contributed by atoms with E-state index in [-0.39, 0.29) is 10.7 Å². The highest BCUT2D eigenvalue weighted by Crippen LogP contribution is 2.25. The molecule has 0 aliphatic heterocycles. The molecule has 0 fully saturated rings. The standard InChI is InChI=1S/C21H20ClN3O4/c1-13-18(19(22)25(24-13)16-9-5-4-6-10-16)21(27)29-14(2)20(26)23-15-8-7-11-17(12-15)28-3/h4-12,14H,1-3H3,(H,23,26)/t14-/m0/s1. The minimum Gasteiger partial charge on any atom is -0.497 e. The molecular weight excluding hydrogens is 394 g/mol. The van der Waals surface area contributed by atoms with Crippen LogP contribution in [0, 0.1) is 6.92 Å². The van der Waals surface area contributed by atoms with Gasteiger partial charge in [0.25, 0.3) is 5.91 Å². The predicted molar refractivity (Wildman–Crippen MR) is 110 cm³/mol. The number of rotatable bonds is 6. The fourth-order valence-corrected chi connectivity index (χ4v) is 3.04. The van der Waals surface area contributed by atoms with Crippen molar-refractivity contribution in [1.82, 2.24) is 9.78 Å². The highest BCUT2D eigenvalue weighted by Gasteiger charge is 2.26. The van der Waals surface area contributed by atoms with Gasteiger partial charge >= 0.3 is 5.97 Å². The molecule has 7 nitrogen and oxygen atoms in total. The number of halogens is 1. The topological polar surface area (TPSA) is 82.4 Å². The van der Waals surface area contributed by atoms with E-state index in [9.17, 15) is 9.59 Å². The van der Waals surface area contributed by atoms with E-state index in [0.717, 1.165) is 0 Å². The molecule has 0 aliphatic carbocycles. The van der Waals surface area contributed by atoms with Gasteiger partial charge in [-0.25, -0.2) is 9.48 Å². The molecule has 0 radical (unpaired) electrons. The Morgan fingerprint density at radius 1 is 1.14 bits per heavy atom. The summed E-state index contributed by atoms with van der Waals surface area (Å²) in [5.74, 6) is -0.595. The Balaban J connectivity index is 1.72. The molecule has 29 heavy (non-hydrogen) atoms. The normalized spacial score (nSPS) is 11.6. The van der Waals surface area contributed by atoms with Gasteiger partial charge in [0.15, 0.2) is 6.10 Å². The van der Waals surface area contributed by atoms with E-state index in [2.05, 4.69) is 10.4 Å². The van der Waals surface area contributed by atoms with Gasteiger partial charge in [-0.05, 0) is 38.1 Å². The van der Waals surface area contributed by atoms with Crippen molar-refractivity contribution < 1.29 is 19.1 Å². The largest absolute Gasteiger partial charge is 0.497 e. The average Bonchev–Trinajstić information content (AvgIpc) is 3.02. The number of hydrogen-bond donors (Lipinski definition) is 1. The molecule has 0 saturated heterocycles. The number of anilines is 1. The van der Waals surface area contributed by atoms with Crippen molar-refractivity contribution in [3.05, 3.63) is 71.0 Å². The molecule has 0 bridgehead atoms. The van der Waals surface area contributed by atoms with Gasteiger partial charge in [0.2, 0.25) is 0 Å². The average molecular weight is 414 g/mol. The summed E-state index contributed by atoms with van der Waals surface area (Å²) in [6, 6.07) is 16.1. The summed E-state index contributed by atoms with van der Waals surface area (Å²) in [5, 5.41) is 7.12. The number of nitrogens with one attached hydrogen (secondary N) is 1. The lowest BCUT2D eigenvalue weighted by Crippen LogP contribution is -2.30. The predicted octanol–water partition coefficient (Wildman–Crippen LogP) is 4.03. The molecule has 8 heteroatoms. The van der Waals surface area contributed by atoms with Crippen LogP contribution in [0.3, 0.4) is 0 Å². The van der Waals surface area contributed by atoms with E-state index in [0.29, 0.717) is 22.8 Å². The maximum atomic E-state index is 12.6. The van der Waals surface area contributed by atoms with E-state index in [1.165, 1.54) is 18.7 Å². The summed E-state index contributed by atoms with van der Waals surface area (Å²) in [6.07, 6.45) is -1.04. The van der Waals surface area contributed by atoms with Crippen molar-refractivity contribution in [3.8, 4) is 11.4 Å². The Labute approximate surface area is 173 Å². The molecule has 150 valence electrons. The highest BCUT2D eigenvalue weighted by molar-refractivity contribution is 6.33. The zero-order chi connectivity index (χ0) is 21.0. The summed E-state index contributed by atoms with van der Waals surface area (Å²) in [7, 11) is 1.53. The van der Waals surface area contributed by atoms with Gasteiger partial charge in [0, 0.05) is 11.8 Å². The fourth-order valence-electron chi connectivity index (χ4n) is 2.69. The van der Waals surface area contributed by atoms with Crippen molar-refractivity contribution in [2.75, 3.05) is 12.4 Å². The number of nitrogens with zero attached hydrogens (tertiary/aromatic N) is 2. The third kappa shape index (κ3) is 4.57. The van der Waals surface area contributed by atoms with Crippen LogP contribution in [0.15, 0.2) is 54.6 Å². The van der Waals surface area contributed by atoms with Crippen LogP contribution in [0.25, 0.3) is 5.69 Å². The van der Waals surface area contributed by atoms with Crippen LogP contribution in [0.2, 0.25) is 5.15 Å². The van der Waals surface area contributed by atoms with E-state index in [1.807, 2.05) is 30.3 Å². The SMILES string of the molecule is COc1cccc(NC(=O)[C@H](C)OC(=O)c2c(C)nn(-c3ccccc3)c2Cl)c1. The minimum atomic E-state index is -1.04. The lowest BCUT2D eigenvalue weighted by molar-refractivity contribution is -0.123. The van der Waals surface area contributed by atoms with Gasteiger partial charge in [-0.2, -0.15) is 5.10 Å². The highest BCUT2D eigenvalue weighted by atomic mass is 35.5. The molecule has 1 amide bonds. The first-order valence-electron chi connectivity index (χ1n) is 8.87. The number of benzene rings is 2. The second-order valence-electron chi connectivity index (χ2n) is 6.27. The maximum Gasteiger partial charge on any atom is 0.344 e. The smallest absolute Gasteiger partial charge is 0.344 e. The summed E-state index contributed by atoms with van der Waals surface area (Å²) >= 11 is 6.37. The number of carbonyl (C=O) groups excluding carboxylic acids is 2. The second kappa shape index (κ2) is 8.79. The van der Waals surface area contributed by atoms with Gasteiger partial charge in [0.1, 0.15) is 16.5 Å². The van der Waals surface area contributed by atoms with Crippen molar-refractivity contribution in [3.63, 3.8) is 0 Å². The molecule has 2 aromatic carbocycles. The van der Waals surface area contributed by atoms with Gasteiger partial charge < -0.3 is 14.8 Å². The molecule has 0 aliphatic rings. The lowest BCUT2D eigenvalue weighted by Gasteiger charge is -2.14. The first-order chi connectivity index (χ1) is 13.9. The molecule has 0 unspecified atom stereocenters. The molecule has 3 aromatic rings. The van der Waals surface area contributed by atoms with Crippen LogP contribution in [0.4, 0.5) is 5.69 Å². The Bertz CT molecular complexity index is 1030. The minimum absolute atomic E-state index is 0.122. The molecule has 1 N–H and O–H groups in total. The van der Waals surface area contributed by atoms with E-state index in [4.69, 9.17) is 21.1 Å². The van der Waals surface area contributed by atoms with Crippen molar-refractivity contribution in [2.45, 2.75) is 20.0 Å². The summed E-state index contributed by atoms with van der Waals surface area (Å²) in [4.78, 5) is 25.0. The van der Waals surface area contributed by atoms with Gasteiger partial charge in [-0.1, -0.05) is 35.9 Å². The van der Waals surface area contributed by atoms with Crippen molar-refractivity contribution >= 4 is 29.2 Å².